The Kier molecular flexibility index (Phi) is 8.04. The molecule has 3 aliphatic carbocycles. The average molecular weight is 798 g/mol. The van der Waals surface area contributed by atoms with E-state index in [0.29, 0.717) is 11.8 Å². The lowest BCUT2D eigenvalue weighted by molar-refractivity contribution is 0.479. The number of hydrogen-bond donors (Lipinski definition) is 2. The van der Waals surface area contributed by atoms with Crippen LogP contribution in [0.25, 0.3) is 50.1 Å². The summed E-state index contributed by atoms with van der Waals surface area (Å²) in [6.07, 6.45) is 17.3. The predicted molar refractivity (Wildman–Crippen MR) is 254 cm³/mol. The minimum Gasteiger partial charge on any atom is -0.440 e. The minimum atomic E-state index is -0.232. The lowest BCUT2D eigenvalue weighted by atomic mass is 9.77. The summed E-state index contributed by atoms with van der Waals surface area (Å²) in [6, 6.07) is 59.3. The minimum absolute atomic E-state index is 0.125. The van der Waals surface area contributed by atoms with Crippen LogP contribution in [0.2, 0.25) is 0 Å². The first kappa shape index (κ1) is 35.4. The fourth-order valence-corrected chi connectivity index (χ4v) is 11.0. The first-order chi connectivity index (χ1) is 30.7. The number of benzene rings is 7. The van der Waals surface area contributed by atoms with Gasteiger partial charge in [-0.15, -0.1) is 0 Å². The largest absolute Gasteiger partial charge is 0.440 e. The molecule has 62 heavy (non-hydrogen) atoms. The van der Waals surface area contributed by atoms with E-state index in [-0.39, 0.29) is 18.1 Å². The topological polar surface area (TPSA) is 40.4 Å². The molecule has 0 saturated carbocycles. The molecule has 13 rings (SSSR count). The van der Waals surface area contributed by atoms with Crippen LogP contribution in [0.15, 0.2) is 222 Å². The number of nitrogens with zero attached hydrogens (tertiary/aromatic N) is 1. The molecule has 3 heterocycles. The Bertz CT molecular complexity index is 3240. The van der Waals surface area contributed by atoms with E-state index in [4.69, 9.17) is 4.42 Å². The van der Waals surface area contributed by atoms with Crippen LogP contribution in [0.3, 0.4) is 0 Å². The second-order valence-electron chi connectivity index (χ2n) is 17.2. The maximum Gasteiger partial charge on any atom is 0.200 e. The Balaban J connectivity index is 0.968. The Morgan fingerprint density at radius 3 is 2.11 bits per heavy atom. The van der Waals surface area contributed by atoms with E-state index >= 15 is 0 Å². The van der Waals surface area contributed by atoms with E-state index in [2.05, 4.69) is 222 Å². The molecule has 4 nitrogen and oxygen atoms in total. The summed E-state index contributed by atoms with van der Waals surface area (Å²) in [5.74, 6) is 1.72. The van der Waals surface area contributed by atoms with Gasteiger partial charge in [-0.2, -0.15) is 0 Å². The van der Waals surface area contributed by atoms with Gasteiger partial charge in [0, 0.05) is 45.5 Å². The van der Waals surface area contributed by atoms with Crippen LogP contribution in [-0.4, -0.2) is 0 Å². The Morgan fingerprint density at radius 1 is 0.613 bits per heavy atom. The zero-order valence-corrected chi connectivity index (χ0v) is 34.1. The van der Waals surface area contributed by atoms with Crippen molar-refractivity contribution in [2.45, 2.75) is 18.6 Å². The quantitative estimate of drug-likeness (QED) is 0.182. The third-order valence-electron chi connectivity index (χ3n) is 13.9. The zero-order valence-electron chi connectivity index (χ0n) is 34.1. The second kappa shape index (κ2) is 14.1. The maximum atomic E-state index is 6.97. The van der Waals surface area contributed by atoms with E-state index in [1.807, 2.05) is 0 Å². The molecule has 7 aromatic carbocycles. The monoisotopic (exact) mass is 797 g/mol. The molecule has 0 spiro atoms. The highest BCUT2D eigenvalue weighted by atomic mass is 16.4. The van der Waals surface area contributed by atoms with Gasteiger partial charge >= 0.3 is 0 Å². The highest BCUT2D eigenvalue weighted by molar-refractivity contribution is 6.01. The first-order valence-electron chi connectivity index (χ1n) is 21.9. The maximum absolute atomic E-state index is 6.97. The van der Waals surface area contributed by atoms with Gasteiger partial charge in [-0.1, -0.05) is 182 Å². The molecular weight excluding hydrogens is 755 g/mol. The molecule has 296 valence electrons. The molecule has 2 N–H and O–H groups in total. The molecule has 2 aliphatic heterocycles. The number of rotatable bonds is 5. The molecule has 0 fully saturated rings. The Morgan fingerprint density at radius 2 is 1.31 bits per heavy atom. The fraction of sp³-hybridized carbons (Fsp3) is 0.103. The van der Waals surface area contributed by atoms with Gasteiger partial charge in [0.25, 0.3) is 0 Å². The Labute approximate surface area is 361 Å². The van der Waals surface area contributed by atoms with Gasteiger partial charge < -0.3 is 14.6 Å². The number of nitrogens with one attached hydrogen (secondary N) is 2. The summed E-state index contributed by atoms with van der Waals surface area (Å²) in [4.78, 5) is 2.63. The van der Waals surface area contributed by atoms with E-state index in [0.717, 1.165) is 40.0 Å². The van der Waals surface area contributed by atoms with Gasteiger partial charge in [-0.3, -0.25) is 5.32 Å². The molecule has 0 saturated heterocycles. The van der Waals surface area contributed by atoms with Crippen molar-refractivity contribution in [2.24, 2.45) is 17.8 Å². The first-order valence-corrected chi connectivity index (χ1v) is 21.9. The van der Waals surface area contributed by atoms with Crippen molar-refractivity contribution < 1.29 is 4.42 Å². The molecule has 0 amide bonds. The number of furan rings is 1. The summed E-state index contributed by atoms with van der Waals surface area (Å²) >= 11 is 0. The van der Waals surface area contributed by atoms with Crippen molar-refractivity contribution in [3.8, 4) is 22.3 Å². The summed E-state index contributed by atoms with van der Waals surface area (Å²) in [6.45, 7) is 0. The Hall–Kier alpha value is -7.40. The van der Waals surface area contributed by atoms with Crippen molar-refractivity contribution in [1.29, 1.82) is 0 Å². The van der Waals surface area contributed by atoms with Crippen LogP contribution < -0.4 is 15.5 Å². The smallest absolute Gasteiger partial charge is 0.200 e. The lowest BCUT2D eigenvalue weighted by Gasteiger charge is -2.36. The van der Waals surface area contributed by atoms with Crippen LogP contribution in [0.5, 0.6) is 0 Å². The van der Waals surface area contributed by atoms with Gasteiger partial charge in [0.1, 0.15) is 11.7 Å². The highest BCUT2D eigenvalue weighted by Crippen LogP contribution is 2.54. The van der Waals surface area contributed by atoms with Crippen molar-refractivity contribution in [3.63, 3.8) is 0 Å². The summed E-state index contributed by atoms with van der Waals surface area (Å²) in [5.41, 5.74) is 17.2. The lowest BCUT2D eigenvalue weighted by Crippen LogP contribution is -2.37. The van der Waals surface area contributed by atoms with Gasteiger partial charge in [0.2, 0.25) is 5.88 Å². The predicted octanol–water partition coefficient (Wildman–Crippen LogP) is 13.9. The molecule has 8 aromatic rings. The highest BCUT2D eigenvalue weighted by Gasteiger charge is 2.44. The molecule has 5 unspecified atom stereocenters. The van der Waals surface area contributed by atoms with Gasteiger partial charge in [0.05, 0.1) is 11.7 Å². The summed E-state index contributed by atoms with van der Waals surface area (Å²) in [5, 5.41) is 11.6. The SMILES string of the molecule is C1=CC2C=CC3=C(C2C=C1)N(c1ccc(C2Nc4oc5cc(-c6ccccc6)c(-c6ccccc6)cc5c4C(c4ccccc4)N2)c2ccccc12)C1=Cc2ccccc2CC13. The number of fused-ring (bicyclic) bond motifs is 9. The second-order valence-corrected chi connectivity index (χ2v) is 17.2. The number of hydrogen-bond acceptors (Lipinski definition) is 4. The summed E-state index contributed by atoms with van der Waals surface area (Å²) in [7, 11) is 0. The molecule has 1 aromatic heterocycles. The summed E-state index contributed by atoms with van der Waals surface area (Å²) < 4.78 is 6.97. The molecule has 4 heteroatoms. The van der Waals surface area contributed by atoms with E-state index in [1.54, 1.807) is 0 Å². The average Bonchev–Trinajstić information content (AvgIpc) is 3.87. The van der Waals surface area contributed by atoms with E-state index in [9.17, 15) is 0 Å². The van der Waals surface area contributed by atoms with Gasteiger partial charge in [0.15, 0.2) is 0 Å². The molecule has 5 aliphatic rings. The third kappa shape index (κ3) is 5.50. The standard InChI is InChI=1S/C58H43N3O/c1-4-16-36(17-5-1)47-34-50-53(35-48(47)37-18-6-2-7-19-37)62-58-54(50)55(39-21-8-3-9-22-39)59-57(60-58)46-30-31-51(44-27-15-14-26-43(44)46)61-52-33-41-24-11-10-23-40(41)32-49(52)45-29-28-38-20-12-13-25-42(38)56(45)61/h1-31,33-35,38,42,49,55,57,59-60H,32H2. The zero-order chi connectivity index (χ0) is 40.7. The van der Waals surface area contributed by atoms with Crippen molar-refractivity contribution >= 4 is 39.4 Å². The number of allylic oxidation sites excluding steroid dienone is 7. The molecule has 0 radical (unpaired) electrons. The molecule has 5 atom stereocenters. The van der Waals surface area contributed by atoms with Crippen LogP contribution >= 0.6 is 0 Å². The van der Waals surface area contributed by atoms with E-state index < -0.39 is 0 Å². The van der Waals surface area contributed by atoms with Crippen molar-refractivity contribution in [2.75, 3.05) is 10.2 Å². The fourth-order valence-electron chi connectivity index (χ4n) is 11.0. The van der Waals surface area contributed by atoms with Crippen LogP contribution in [0, 0.1) is 17.8 Å². The van der Waals surface area contributed by atoms with Crippen LogP contribution in [0.4, 0.5) is 11.6 Å². The number of anilines is 2. The molecule has 0 bridgehead atoms. The van der Waals surface area contributed by atoms with Gasteiger partial charge in [-0.25, -0.2) is 0 Å². The van der Waals surface area contributed by atoms with Crippen molar-refractivity contribution in [1.82, 2.24) is 5.32 Å². The third-order valence-corrected chi connectivity index (χ3v) is 13.9. The van der Waals surface area contributed by atoms with Gasteiger partial charge in [-0.05, 0) is 86.2 Å². The van der Waals surface area contributed by atoms with Crippen LogP contribution in [-0.2, 0) is 6.42 Å². The normalized spacial score (nSPS) is 21.8. The van der Waals surface area contributed by atoms with Crippen LogP contribution in [0.1, 0.15) is 40.0 Å². The molecular formula is C58H43N3O. The van der Waals surface area contributed by atoms with E-state index in [1.165, 1.54) is 66.8 Å². The van der Waals surface area contributed by atoms with Crippen molar-refractivity contribution in [3.05, 3.63) is 245 Å².